The first-order valence-corrected chi connectivity index (χ1v) is 7.51. The van der Waals surface area contributed by atoms with Crippen LogP contribution in [-0.2, 0) is 0 Å². The second-order valence-electron chi connectivity index (χ2n) is 5.54. The number of amides is 1. The van der Waals surface area contributed by atoms with Gasteiger partial charge in [0.2, 0.25) is 0 Å². The molecule has 0 N–H and O–H groups in total. The zero-order chi connectivity index (χ0) is 15.7. The molecule has 1 fully saturated rings. The average Bonchev–Trinajstić information content (AvgIpc) is 3.21. The van der Waals surface area contributed by atoms with Gasteiger partial charge in [0.1, 0.15) is 0 Å². The highest BCUT2D eigenvalue weighted by molar-refractivity contribution is 6.44. The van der Waals surface area contributed by atoms with Gasteiger partial charge in [-0.1, -0.05) is 23.2 Å². The Hall–Kier alpha value is -1.33. The van der Waals surface area contributed by atoms with Gasteiger partial charge in [-0.3, -0.25) is 14.9 Å². The van der Waals surface area contributed by atoms with Crippen LogP contribution < -0.4 is 0 Å². The number of nitro groups is 1. The van der Waals surface area contributed by atoms with Gasteiger partial charge < -0.3 is 4.90 Å². The molecule has 0 unspecified atom stereocenters. The molecule has 0 aliphatic heterocycles. The number of carbonyl (C=O) groups is 1. The van der Waals surface area contributed by atoms with Gasteiger partial charge in [-0.05, 0) is 32.6 Å². The molecule has 0 spiro atoms. The molecule has 1 aliphatic rings. The Morgan fingerprint density at radius 2 is 2.05 bits per heavy atom. The van der Waals surface area contributed by atoms with Gasteiger partial charge in [0.15, 0.2) is 0 Å². The predicted molar refractivity (Wildman–Crippen MR) is 82.0 cm³/mol. The third kappa shape index (κ3) is 3.66. The van der Waals surface area contributed by atoms with Crippen LogP contribution in [0.1, 0.15) is 37.0 Å². The topological polar surface area (TPSA) is 63.5 Å². The lowest BCUT2D eigenvalue weighted by Gasteiger charge is -2.27. The first-order valence-electron chi connectivity index (χ1n) is 6.75. The lowest BCUT2D eigenvalue weighted by atomic mass is 10.1. The molecule has 0 heterocycles. The summed E-state index contributed by atoms with van der Waals surface area (Å²) in [6.45, 7) is 4.47. The summed E-state index contributed by atoms with van der Waals surface area (Å²) in [5, 5.41) is 11.0. The molecule has 5 nitrogen and oxygen atoms in total. The van der Waals surface area contributed by atoms with Crippen molar-refractivity contribution >= 4 is 34.8 Å². The highest BCUT2D eigenvalue weighted by Gasteiger charge is 2.30. The number of nitrogens with zero attached hydrogens (tertiary/aromatic N) is 2. The molecule has 0 aromatic heterocycles. The van der Waals surface area contributed by atoms with Crippen LogP contribution in [0.3, 0.4) is 0 Å². The quantitative estimate of drug-likeness (QED) is 0.601. The van der Waals surface area contributed by atoms with Crippen LogP contribution in [0.15, 0.2) is 12.1 Å². The molecular weight excluding hydrogens is 315 g/mol. The molecule has 114 valence electrons. The second-order valence-corrected chi connectivity index (χ2v) is 6.33. The summed E-state index contributed by atoms with van der Waals surface area (Å²) in [6.07, 6.45) is 2.22. The maximum absolute atomic E-state index is 12.7. The van der Waals surface area contributed by atoms with Crippen molar-refractivity contribution in [2.75, 3.05) is 6.54 Å². The predicted octanol–water partition coefficient (Wildman–Crippen LogP) is 4.16. The van der Waals surface area contributed by atoms with Crippen molar-refractivity contribution < 1.29 is 9.72 Å². The van der Waals surface area contributed by atoms with E-state index < -0.39 is 4.92 Å². The zero-order valence-corrected chi connectivity index (χ0v) is 13.3. The standard InChI is InChI=1S/C14H16Cl2N2O3/c1-8(2)17(7-9-3-4-9)14(19)11-5-10(18(20)21)6-12(15)13(11)16/h5-6,8-9H,3-4,7H2,1-2H3. The smallest absolute Gasteiger partial charge is 0.271 e. The molecule has 0 atom stereocenters. The molecule has 1 aromatic carbocycles. The van der Waals surface area contributed by atoms with E-state index in [1.165, 1.54) is 6.07 Å². The van der Waals surface area contributed by atoms with Crippen LogP contribution in [0.2, 0.25) is 10.0 Å². The van der Waals surface area contributed by atoms with E-state index in [9.17, 15) is 14.9 Å². The number of hydrogen-bond acceptors (Lipinski definition) is 3. The van der Waals surface area contributed by atoms with Crippen LogP contribution in [0.5, 0.6) is 0 Å². The molecule has 0 bridgehead atoms. The first-order chi connectivity index (χ1) is 9.81. The number of nitro benzene ring substituents is 1. The van der Waals surface area contributed by atoms with Gasteiger partial charge in [0.05, 0.1) is 20.5 Å². The summed E-state index contributed by atoms with van der Waals surface area (Å²) in [6, 6.07) is 2.34. The molecule has 1 saturated carbocycles. The fourth-order valence-electron chi connectivity index (χ4n) is 2.10. The molecule has 1 aliphatic carbocycles. The molecule has 1 aromatic rings. The Balaban J connectivity index is 2.37. The van der Waals surface area contributed by atoms with Crippen molar-refractivity contribution in [3.05, 3.63) is 37.9 Å². The van der Waals surface area contributed by atoms with Gasteiger partial charge in [-0.2, -0.15) is 0 Å². The van der Waals surface area contributed by atoms with Gasteiger partial charge in [0, 0.05) is 24.7 Å². The number of rotatable bonds is 5. The SMILES string of the molecule is CC(C)N(CC1CC1)C(=O)c1cc([N+](=O)[O-])cc(Cl)c1Cl. The summed E-state index contributed by atoms with van der Waals surface area (Å²) in [4.78, 5) is 24.7. The van der Waals surface area contributed by atoms with E-state index in [1.807, 2.05) is 13.8 Å². The van der Waals surface area contributed by atoms with Crippen LogP contribution in [-0.4, -0.2) is 28.3 Å². The number of benzene rings is 1. The lowest BCUT2D eigenvalue weighted by molar-refractivity contribution is -0.384. The van der Waals surface area contributed by atoms with Crippen LogP contribution >= 0.6 is 23.2 Å². The molecule has 0 radical (unpaired) electrons. The van der Waals surface area contributed by atoms with E-state index in [1.54, 1.807) is 4.90 Å². The molecule has 2 rings (SSSR count). The van der Waals surface area contributed by atoms with E-state index >= 15 is 0 Å². The molecule has 0 saturated heterocycles. The van der Waals surface area contributed by atoms with E-state index in [0.29, 0.717) is 12.5 Å². The maximum atomic E-state index is 12.7. The number of non-ortho nitro benzene ring substituents is 1. The van der Waals surface area contributed by atoms with Crippen molar-refractivity contribution in [1.29, 1.82) is 0 Å². The Bertz CT molecular complexity index is 586. The second kappa shape index (κ2) is 6.20. The van der Waals surface area contributed by atoms with E-state index in [-0.39, 0.29) is 33.2 Å². The highest BCUT2D eigenvalue weighted by Crippen LogP contribution is 2.34. The molecular formula is C14H16Cl2N2O3. The fraction of sp³-hybridized carbons (Fsp3) is 0.500. The Kier molecular flexibility index (Phi) is 4.74. The van der Waals surface area contributed by atoms with Crippen molar-refractivity contribution in [2.45, 2.75) is 32.7 Å². The van der Waals surface area contributed by atoms with E-state index in [2.05, 4.69) is 0 Å². The lowest BCUT2D eigenvalue weighted by Crippen LogP contribution is -2.38. The summed E-state index contributed by atoms with van der Waals surface area (Å²) in [5.41, 5.74) is -0.145. The average molecular weight is 331 g/mol. The Morgan fingerprint density at radius 1 is 1.43 bits per heavy atom. The molecule has 1 amide bonds. The largest absolute Gasteiger partial charge is 0.336 e. The normalized spacial score (nSPS) is 14.3. The number of halogens is 2. The van der Waals surface area contributed by atoms with Crippen molar-refractivity contribution in [3.8, 4) is 0 Å². The van der Waals surface area contributed by atoms with Crippen LogP contribution in [0.25, 0.3) is 0 Å². The summed E-state index contributed by atoms with van der Waals surface area (Å²) in [7, 11) is 0. The maximum Gasteiger partial charge on any atom is 0.271 e. The zero-order valence-electron chi connectivity index (χ0n) is 11.8. The summed E-state index contributed by atoms with van der Waals surface area (Å²) < 4.78 is 0. The fourth-order valence-corrected chi connectivity index (χ4v) is 2.50. The first kappa shape index (κ1) is 16.0. The Morgan fingerprint density at radius 3 is 2.52 bits per heavy atom. The Labute approximate surface area is 133 Å². The van der Waals surface area contributed by atoms with Crippen molar-refractivity contribution in [3.63, 3.8) is 0 Å². The molecule has 7 heteroatoms. The monoisotopic (exact) mass is 330 g/mol. The summed E-state index contributed by atoms with van der Waals surface area (Å²) >= 11 is 12.0. The minimum absolute atomic E-state index is 0.00722. The van der Waals surface area contributed by atoms with Gasteiger partial charge in [-0.25, -0.2) is 0 Å². The minimum atomic E-state index is -0.584. The number of hydrogen-bond donors (Lipinski definition) is 0. The van der Waals surface area contributed by atoms with Crippen molar-refractivity contribution in [1.82, 2.24) is 4.90 Å². The third-order valence-electron chi connectivity index (χ3n) is 3.49. The highest BCUT2D eigenvalue weighted by atomic mass is 35.5. The van der Waals surface area contributed by atoms with Crippen LogP contribution in [0, 0.1) is 16.0 Å². The van der Waals surface area contributed by atoms with Gasteiger partial charge in [-0.15, -0.1) is 0 Å². The van der Waals surface area contributed by atoms with E-state index in [4.69, 9.17) is 23.2 Å². The minimum Gasteiger partial charge on any atom is -0.336 e. The molecule has 21 heavy (non-hydrogen) atoms. The number of carbonyl (C=O) groups excluding carboxylic acids is 1. The van der Waals surface area contributed by atoms with Crippen LogP contribution in [0.4, 0.5) is 5.69 Å². The van der Waals surface area contributed by atoms with Gasteiger partial charge >= 0.3 is 0 Å². The van der Waals surface area contributed by atoms with Gasteiger partial charge in [0.25, 0.3) is 11.6 Å². The summed E-state index contributed by atoms with van der Waals surface area (Å²) in [5.74, 6) is 0.205. The third-order valence-corrected chi connectivity index (χ3v) is 4.29. The van der Waals surface area contributed by atoms with Crippen molar-refractivity contribution in [2.24, 2.45) is 5.92 Å². The van der Waals surface area contributed by atoms with E-state index in [0.717, 1.165) is 18.9 Å².